The van der Waals surface area contributed by atoms with Gasteiger partial charge in [0.2, 0.25) is 0 Å². The van der Waals surface area contributed by atoms with Crippen molar-refractivity contribution in [3.8, 4) is 0 Å². The molecule has 0 radical (unpaired) electrons. The molecule has 0 spiro atoms. The van der Waals surface area contributed by atoms with E-state index in [2.05, 4.69) is 59.8 Å². The summed E-state index contributed by atoms with van der Waals surface area (Å²) in [5.74, 6) is 0. The number of nitrogens with zero attached hydrogens (tertiary/aromatic N) is 2. The van der Waals surface area contributed by atoms with Crippen LogP contribution in [0.5, 0.6) is 0 Å². The Kier molecular flexibility index (Phi) is 6.27. The Hall–Kier alpha value is -1.32. The zero-order valence-corrected chi connectivity index (χ0v) is 13.5. The Labute approximate surface area is 129 Å². The lowest BCUT2D eigenvalue weighted by Gasteiger charge is -2.35. The molecule has 1 fully saturated rings. The first-order valence-corrected chi connectivity index (χ1v) is 8.20. The molecule has 0 saturated carbocycles. The molecule has 21 heavy (non-hydrogen) atoms. The summed E-state index contributed by atoms with van der Waals surface area (Å²) < 4.78 is 0. The Morgan fingerprint density at radius 3 is 2.33 bits per heavy atom. The van der Waals surface area contributed by atoms with Gasteiger partial charge in [-0.15, -0.1) is 6.58 Å². The molecular formula is C18H29N3. The lowest BCUT2D eigenvalue weighted by atomic mass is 10.0. The van der Waals surface area contributed by atoms with E-state index in [4.69, 9.17) is 0 Å². The second-order valence-corrected chi connectivity index (χ2v) is 5.59. The summed E-state index contributed by atoms with van der Waals surface area (Å²) >= 11 is 0. The van der Waals surface area contributed by atoms with Gasteiger partial charge >= 0.3 is 0 Å². The summed E-state index contributed by atoms with van der Waals surface area (Å²) in [6.45, 7) is 14.9. The minimum atomic E-state index is 0.468. The first kappa shape index (κ1) is 16.1. The molecule has 0 amide bonds. The van der Waals surface area contributed by atoms with Gasteiger partial charge in [0, 0.05) is 51.0 Å². The topological polar surface area (TPSA) is 18.5 Å². The summed E-state index contributed by atoms with van der Waals surface area (Å²) in [4.78, 5) is 4.96. The van der Waals surface area contributed by atoms with E-state index in [9.17, 15) is 0 Å². The van der Waals surface area contributed by atoms with Gasteiger partial charge in [-0.25, -0.2) is 0 Å². The van der Waals surface area contributed by atoms with Crippen LogP contribution in [0.15, 0.2) is 36.9 Å². The predicted octanol–water partition coefficient (Wildman–Crippen LogP) is 3.06. The molecule has 1 atom stereocenters. The van der Waals surface area contributed by atoms with Crippen LogP contribution in [-0.2, 0) is 0 Å². The molecule has 1 aliphatic rings. The van der Waals surface area contributed by atoms with E-state index < -0.39 is 0 Å². The lowest BCUT2D eigenvalue weighted by Crippen LogP contribution is -2.45. The fraction of sp³-hybridized carbons (Fsp3) is 0.556. The van der Waals surface area contributed by atoms with E-state index in [1.807, 2.05) is 6.08 Å². The Bertz CT molecular complexity index is 417. The molecule has 1 saturated heterocycles. The number of hydrogen-bond acceptors (Lipinski definition) is 3. The maximum atomic E-state index is 3.94. The summed E-state index contributed by atoms with van der Waals surface area (Å²) in [7, 11) is 0. The number of anilines is 1. The van der Waals surface area contributed by atoms with Crippen LogP contribution in [-0.4, -0.2) is 44.2 Å². The third kappa shape index (κ3) is 4.08. The second-order valence-electron chi connectivity index (χ2n) is 5.59. The fourth-order valence-electron chi connectivity index (χ4n) is 3.14. The van der Waals surface area contributed by atoms with Gasteiger partial charge < -0.3 is 10.2 Å². The minimum absolute atomic E-state index is 0.468. The first-order chi connectivity index (χ1) is 10.3. The third-order valence-electron chi connectivity index (χ3n) is 4.39. The fourth-order valence-corrected chi connectivity index (χ4v) is 3.14. The Morgan fingerprint density at radius 1 is 1.19 bits per heavy atom. The van der Waals surface area contributed by atoms with Crippen molar-refractivity contribution in [2.24, 2.45) is 0 Å². The molecule has 0 aliphatic carbocycles. The third-order valence-corrected chi connectivity index (χ3v) is 4.39. The summed E-state index contributed by atoms with van der Waals surface area (Å²) in [5.41, 5.74) is 2.73. The summed E-state index contributed by atoms with van der Waals surface area (Å²) in [6.07, 6.45) is 3.07. The van der Waals surface area contributed by atoms with Crippen molar-refractivity contribution in [3.63, 3.8) is 0 Å². The van der Waals surface area contributed by atoms with Crippen LogP contribution in [0.1, 0.15) is 31.9 Å². The summed E-state index contributed by atoms with van der Waals surface area (Å²) in [6, 6.07) is 9.59. The maximum absolute atomic E-state index is 3.94. The van der Waals surface area contributed by atoms with Crippen molar-refractivity contribution in [1.82, 2.24) is 10.2 Å². The molecule has 0 bridgehead atoms. The van der Waals surface area contributed by atoms with Crippen molar-refractivity contribution < 1.29 is 0 Å². The molecule has 1 N–H and O–H groups in total. The molecule has 0 unspecified atom stereocenters. The van der Waals surface area contributed by atoms with Crippen molar-refractivity contribution in [2.45, 2.75) is 26.3 Å². The molecule has 3 nitrogen and oxygen atoms in total. The van der Waals surface area contributed by atoms with E-state index in [1.54, 1.807) is 0 Å². The standard InChI is InChI=1S/C18H29N3/c1-4-7-18(21-14-12-19-13-15-21)16-8-10-17(11-9-16)20(5-2)6-3/h4,8-11,18-19H,1,5-7,12-15H2,2-3H3/t18-/m1/s1. The van der Waals surface area contributed by atoms with Gasteiger partial charge in [0.1, 0.15) is 0 Å². The van der Waals surface area contributed by atoms with E-state index >= 15 is 0 Å². The van der Waals surface area contributed by atoms with Gasteiger partial charge in [-0.05, 0) is 38.0 Å². The van der Waals surface area contributed by atoms with Crippen LogP contribution >= 0.6 is 0 Å². The van der Waals surface area contributed by atoms with Crippen LogP contribution in [0.4, 0.5) is 5.69 Å². The minimum Gasteiger partial charge on any atom is -0.372 e. The SMILES string of the molecule is C=CC[C@H](c1ccc(N(CC)CC)cc1)N1CCNCC1. The van der Waals surface area contributed by atoms with Crippen LogP contribution in [0.2, 0.25) is 0 Å². The highest BCUT2D eigenvalue weighted by molar-refractivity contribution is 5.47. The molecule has 1 aliphatic heterocycles. The molecular weight excluding hydrogens is 258 g/mol. The van der Waals surface area contributed by atoms with Crippen LogP contribution < -0.4 is 10.2 Å². The van der Waals surface area contributed by atoms with Gasteiger partial charge in [0.15, 0.2) is 0 Å². The summed E-state index contributed by atoms with van der Waals surface area (Å²) in [5, 5.41) is 3.43. The molecule has 0 aromatic heterocycles. The van der Waals surface area contributed by atoms with Gasteiger partial charge in [-0.1, -0.05) is 18.2 Å². The number of hydrogen-bond donors (Lipinski definition) is 1. The van der Waals surface area contributed by atoms with E-state index in [0.717, 1.165) is 45.7 Å². The van der Waals surface area contributed by atoms with E-state index in [0.29, 0.717) is 6.04 Å². The van der Waals surface area contributed by atoms with Crippen molar-refractivity contribution >= 4 is 5.69 Å². The highest BCUT2D eigenvalue weighted by Crippen LogP contribution is 2.27. The number of nitrogens with one attached hydrogen (secondary N) is 1. The zero-order valence-electron chi connectivity index (χ0n) is 13.5. The number of rotatable bonds is 7. The highest BCUT2D eigenvalue weighted by atomic mass is 15.2. The largest absolute Gasteiger partial charge is 0.372 e. The quantitative estimate of drug-likeness (QED) is 0.778. The van der Waals surface area contributed by atoms with E-state index in [-0.39, 0.29) is 0 Å². The second kappa shape index (κ2) is 8.20. The molecule has 1 heterocycles. The monoisotopic (exact) mass is 287 g/mol. The Morgan fingerprint density at radius 2 is 1.81 bits per heavy atom. The van der Waals surface area contributed by atoms with Crippen LogP contribution in [0.3, 0.4) is 0 Å². The number of piperazine rings is 1. The van der Waals surface area contributed by atoms with E-state index in [1.165, 1.54) is 11.3 Å². The Balaban J connectivity index is 2.14. The smallest absolute Gasteiger partial charge is 0.0383 e. The lowest BCUT2D eigenvalue weighted by molar-refractivity contribution is 0.174. The molecule has 116 valence electrons. The average molecular weight is 287 g/mol. The first-order valence-electron chi connectivity index (χ1n) is 8.20. The predicted molar refractivity (Wildman–Crippen MR) is 92.0 cm³/mol. The van der Waals surface area contributed by atoms with Gasteiger partial charge in [-0.3, -0.25) is 4.90 Å². The molecule has 3 heteroatoms. The average Bonchev–Trinajstić information content (AvgIpc) is 2.55. The molecule has 1 aromatic rings. The van der Waals surface area contributed by atoms with Crippen molar-refractivity contribution in [3.05, 3.63) is 42.5 Å². The van der Waals surface area contributed by atoms with Crippen molar-refractivity contribution in [1.29, 1.82) is 0 Å². The van der Waals surface area contributed by atoms with Gasteiger partial charge in [-0.2, -0.15) is 0 Å². The molecule has 2 rings (SSSR count). The highest BCUT2D eigenvalue weighted by Gasteiger charge is 2.21. The zero-order chi connectivity index (χ0) is 15.1. The maximum Gasteiger partial charge on any atom is 0.0383 e. The van der Waals surface area contributed by atoms with Crippen LogP contribution in [0, 0.1) is 0 Å². The molecule has 1 aromatic carbocycles. The van der Waals surface area contributed by atoms with Gasteiger partial charge in [0.05, 0.1) is 0 Å². The van der Waals surface area contributed by atoms with Crippen LogP contribution in [0.25, 0.3) is 0 Å². The normalized spacial score (nSPS) is 17.4. The number of benzene rings is 1. The van der Waals surface area contributed by atoms with Crippen molar-refractivity contribution in [2.75, 3.05) is 44.2 Å². The van der Waals surface area contributed by atoms with Gasteiger partial charge in [0.25, 0.3) is 0 Å².